The normalized spacial score (nSPS) is 14.0. The summed E-state index contributed by atoms with van der Waals surface area (Å²) in [5, 5.41) is 0. The van der Waals surface area contributed by atoms with Gasteiger partial charge in [0.15, 0.2) is 0 Å². The number of benzene rings is 1. The lowest BCUT2D eigenvalue weighted by atomic mass is 10.1. The van der Waals surface area contributed by atoms with Crippen molar-refractivity contribution in [3.63, 3.8) is 0 Å². The van der Waals surface area contributed by atoms with Gasteiger partial charge in [-0.3, -0.25) is 4.79 Å². The number of hydrogen-bond acceptors (Lipinski definition) is 5. The van der Waals surface area contributed by atoms with E-state index >= 15 is 0 Å². The molecule has 0 aliphatic carbocycles. The Kier molecular flexibility index (Phi) is 7.33. The van der Waals surface area contributed by atoms with Crippen LogP contribution in [0.3, 0.4) is 0 Å². The Labute approximate surface area is 174 Å². The highest BCUT2D eigenvalue weighted by atomic mass is 16.5. The molecule has 0 N–H and O–H groups in total. The Morgan fingerprint density at radius 2 is 1.76 bits per heavy atom. The fourth-order valence-electron chi connectivity index (χ4n) is 3.75. The Morgan fingerprint density at radius 1 is 1.07 bits per heavy atom. The number of aryl methyl sites for hydroxylation is 1. The van der Waals surface area contributed by atoms with Gasteiger partial charge in [0.2, 0.25) is 5.91 Å². The van der Waals surface area contributed by atoms with Crippen LogP contribution in [0.2, 0.25) is 0 Å². The highest BCUT2D eigenvalue weighted by Gasteiger charge is 2.21. The SMILES string of the molecule is CCN(CC)c1cc(CCC(=O)N2CCN(c3ccc(OC)cc3)CC2)ccn1. The summed E-state index contributed by atoms with van der Waals surface area (Å²) in [4.78, 5) is 23.7. The lowest BCUT2D eigenvalue weighted by Gasteiger charge is -2.36. The smallest absolute Gasteiger partial charge is 0.223 e. The van der Waals surface area contributed by atoms with E-state index in [0.717, 1.165) is 57.3 Å². The number of aromatic nitrogens is 1. The van der Waals surface area contributed by atoms with Crippen molar-refractivity contribution >= 4 is 17.4 Å². The van der Waals surface area contributed by atoms with Crippen LogP contribution in [0.5, 0.6) is 5.75 Å². The molecule has 0 radical (unpaired) electrons. The molecule has 1 aromatic carbocycles. The number of pyridine rings is 1. The lowest BCUT2D eigenvalue weighted by molar-refractivity contribution is -0.131. The van der Waals surface area contributed by atoms with Crippen molar-refractivity contribution in [3.05, 3.63) is 48.2 Å². The molecule has 0 atom stereocenters. The molecular weight excluding hydrogens is 364 g/mol. The molecule has 0 saturated carbocycles. The van der Waals surface area contributed by atoms with E-state index in [1.807, 2.05) is 29.3 Å². The number of nitrogens with zero attached hydrogens (tertiary/aromatic N) is 4. The number of ether oxygens (including phenoxy) is 1. The second-order valence-electron chi connectivity index (χ2n) is 7.26. The Balaban J connectivity index is 1.49. The van der Waals surface area contributed by atoms with Gasteiger partial charge >= 0.3 is 0 Å². The Hall–Kier alpha value is -2.76. The third-order valence-corrected chi connectivity index (χ3v) is 5.59. The molecule has 1 aliphatic rings. The minimum atomic E-state index is 0.237. The molecular formula is C23H32N4O2. The van der Waals surface area contributed by atoms with Crippen LogP contribution < -0.4 is 14.5 Å². The van der Waals surface area contributed by atoms with E-state index in [-0.39, 0.29) is 5.91 Å². The van der Waals surface area contributed by atoms with Gasteiger partial charge in [0, 0.05) is 57.6 Å². The van der Waals surface area contributed by atoms with Crippen LogP contribution in [-0.4, -0.2) is 62.2 Å². The van der Waals surface area contributed by atoms with Crippen LogP contribution in [0.1, 0.15) is 25.8 Å². The molecule has 1 aromatic heterocycles. The van der Waals surface area contributed by atoms with E-state index < -0.39 is 0 Å². The van der Waals surface area contributed by atoms with Crippen molar-refractivity contribution in [2.24, 2.45) is 0 Å². The maximum Gasteiger partial charge on any atom is 0.223 e. The fraction of sp³-hybridized carbons (Fsp3) is 0.478. The number of carbonyl (C=O) groups is 1. The number of hydrogen-bond donors (Lipinski definition) is 0. The predicted molar refractivity (Wildman–Crippen MR) is 118 cm³/mol. The quantitative estimate of drug-likeness (QED) is 0.686. The zero-order valence-corrected chi connectivity index (χ0v) is 17.8. The van der Waals surface area contributed by atoms with E-state index in [0.29, 0.717) is 6.42 Å². The molecule has 29 heavy (non-hydrogen) atoms. The van der Waals surface area contributed by atoms with Gasteiger partial charge in [-0.1, -0.05) is 0 Å². The molecule has 2 aromatic rings. The summed E-state index contributed by atoms with van der Waals surface area (Å²) in [6, 6.07) is 12.2. The monoisotopic (exact) mass is 396 g/mol. The highest BCUT2D eigenvalue weighted by Crippen LogP contribution is 2.21. The first-order chi connectivity index (χ1) is 14.1. The van der Waals surface area contributed by atoms with E-state index in [2.05, 4.69) is 46.8 Å². The molecule has 6 heteroatoms. The molecule has 0 unspecified atom stereocenters. The molecule has 3 rings (SSSR count). The van der Waals surface area contributed by atoms with E-state index in [9.17, 15) is 4.79 Å². The second kappa shape index (κ2) is 10.1. The maximum atomic E-state index is 12.7. The Bertz CT molecular complexity index is 782. The van der Waals surface area contributed by atoms with Crippen LogP contribution in [-0.2, 0) is 11.2 Å². The van der Waals surface area contributed by atoms with Crippen molar-refractivity contribution in [2.45, 2.75) is 26.7 Å². The minimum Gasteiger partial charge on any atom is -0.497 e. The number of amides is 1. The molecule has 0 spiro atoms. The maximum absolute atomic E-state index is 12.7. The third kappa shape index (κ3) is 5.40. The van der Waals surface area contributed by atoms with Gasteiger partial charge in [-0.15, -0.1) is 0 Å². The van der Waals surface area contributed by atoms with Gasteiger partial charge in [-0.25, -0.2) is 4.98 Å². The zero-order valence-electron chi connectivity index (χ0n) is 17.8. The average Bonchev–Trinajstić information content (AvgIpc) is 2.79. The van der Waals surface area contributed by atoms with Crippen LogP contribution in [0.15, 0.2) is 42.6 Å². The van der Waals surface area contributed by atoms with Crippen molar-refractivity contribution in [3.8, 4) is 5.75 Å². The molecule has 1 fully saturated rings. The summed E-state index contributed by atoms with van der Waals surface area (Å²) >= 11 is 0. The number of piperazine rings is 1. The first kappa shape index (κ1) is 21.0. The van der Waals surface area contributed by atoms with Crippen LogP contribution in [0, 0.1) is 0 Å². The van der Waals surface area contributed by atoms with Crippen LogP contribution >= 0.6 is 0 Å². The second-order valence-corrected chi connectivity index (χ2v) is 7.26. The molecule has 1 aliphatic heterocycles. The molecule has 156 valence electrons. The van der Waals surface area contributed by atoms with Crippen molar-refractivity contribution in [2.75, 3.05) is 56.2 Å². The summed E-state index contributed by atoms with van der Waals surface area (Å²) < 4.78 is 5.22. The lowest BCUT2D eigenvalue weighted by Crippen LogP contribution is -2.48. The first-order valence-electron chi connectivity index (χ1n) is 10.5. The predicted octanol–water partition coefficient (Wildman–Crippen LogP) is 3.22. The van der Waals surface area contributed by atoms with Gasteiger partial charge in [0.05, 0.1) is 7.11 Å². The number of carbonyl (C=O) groups excluding carboxylic acids is 1. The number of rotatable bonds is 8. The van der Waals surface area contributed by atoms with E-state index in [1.165, 1.54) is 11.3 Å². The standard InChI is InChI=1S/C23H32N4O2/c1-4-25(5-2)22-18-19(12-13-24-22)6-11-23(28)27-16-14-26(15-17-27)20-7-9-21(29-3)10-8-20/h7-10,12-13,18H,4-6,11,14-17H2,1-3H3. The molecule has 1 saturated heterocycles. The Morgan fingerprint density at radius 3 is 2.38 bits per heavy atom. The number of anilines is 2. The van der Waals surface area contributed by atoms with Crippen molar-refractivity contribution < 1.29 is 9.53 Å². The van der Waals surface area contributed by atoms with Gasteiger partial charge in [0.1, 0.15) is 11.6 Å². The fourth-order valence-corrected chi connectivity index (χ4v) is 3.75. The number of methoxy groups -OCH3 is 1. The summed E-state index contributed by atoms with van der Waals surface area (Å²) in [6.45, 7) is 9.39. The molecule has 2 heterocycles. The summed E-state index contributed by atoms with van der Waals surface area (Å²) in [6.07, 6.45) is 3.15. The molecule has 6 nitrogen and oxygen atoms in total. The van der Waals surface area contributed by atoms with Crippen molar-refractivity contribution in [1.82, 2.24) is 9.88 Å². The largest absolute Gasteiger partial charge is 0.497 e. The van der Waals surface area contributed by atoms with Gasteiger partial charge in [-0.05, 0) is 62.2 Å². The average molecular weight is 397 g/mol. The topological polar surface area (TPSA) is 48.9 Å². The molecule has 0 bridgehead atoms. The summed E-state index contributed by atoms with van der Waals surface area (Å²) in [7, 11) is 1.68. The van der Waals surface area contributed by atoms with Crippen LogP contribution in [0.4, 0.5) is 11.5 Å². The first-order valence-corrected chi connectivity index (χ1v) is 10.5. The third-order valence-electron chi connectivity index (χ3n) is 5.59. The van der Waals surface area contributed by atoms with Gasteiger partial charge < -0.3 is 19.4 Å². The van der Waals surface area contributed by atoms with Gasteiger partial charge in [0.25, 0.3) is 0 Å². The van der Waals surface area contributed by atoms with E-state index in [4.69, 9.17) is 4.74 Å². The van der Waals surface area contributed by atoms with Crippen molar-refractivity contribution in [1.29, 1.82) is 0 Å². The van der Waals surface area contributed by atoms with E-state index in [1.54, 1.807) is 7.11 Å². The summed E-state index contributed by atoms with van der Waals surface area (Å²) in [5.74, 6) is 2.09. The van der Waals surface area contributed by atoms with Gasteiger partial charge in [-0.2, -0.15) is 0 Å². The van der Waals surface area contributed by atoms with Crippen LogP contribution in [0.25, 0.3) is 0 Å². The zero-order chi connectivity index (χ0) is 20.6. The minimum absolute atomic E-state index is 0.237. The molecule has 1 amide bonds. The summed E-state index contributed by atoms with van der Waals surface area (Å²) in [5.41, 5.74) is 2.35. The highest BCUT2D eigenvalue weighted by molar-refractivity contribution is 5.77.